The number of aromatic nitrogens is 2. The van der Waals surface area contributed by atoms with Crippen LogP contribution in [-0.2, 0) is 21.4 Å². The molecule has 2 aromatic heterocycles. The van der Waals surface area contributed by atoms with Crippen LogP contribution >= 0.6 is 0 Å². The average molecular weight is 442 g/mol. The van der Waals surface area contributed by atoms with Gasteiger partial charge < -0.3 is 14.6 Å². The van der Waals surface area contributed by atoms with Crippen molar-refractivity contribution in [3.8, 4) is 0 Å². The van der Waals surface area contributed by atoms with Gasteiger partial charge in [0.2, 0.25) is 15.9 Å². The molecule has 3 heterocycles. The first-order chi connectivity index (χ1) is 14.8. The van der Waals surface area contributed by atoms with Gasteiger partial charge in [-0.3, -0.25) is 9.59 Å². The van der Waals surface area contributed by atoms with Gasteiger partial charge in [0.05, 0.1) is 10.5 Å². The zero-order chi connectivity index (χ0) is 22.0. The van der Waals surface area contributed by atoms with Crippen LogP contribution in [0.25, 0.3) is 5.65 Å². The number of amides is 2. The molecule has 9 nitrogen and oxygen atoms in total. The number of nitrogens with one attached hydrogen (secondary N) is 1. The Morgan fingerprint density at radius 3 is 2.42 bits per heavy atom. The molecule has 10 heteroatoms. The molecule has 1 aliphatic heterocycles. The second kappa shape index (κ2) is 8.48. The maximum Gasteiger partial charge on any atom is 0.253 e. The third-order valence-electron chi connectivity index (χ3n) is 5.35. The van der Waals surface area contributed by atoms with Gasteiger partial charge >= 0.3 is 0 Å². The number of carbonyl (C=O) groups excluding carboxylic acids is 2. The maximum absolute atomic E-state index is 12.9. The number of hydrogen-bond acceptors (Lipinski definition) is 5. The van der Waals surface area contributed by atoms with Crippen LogP contribution < -0.4 is 5.32 Å². The van der Waals surface area contributed by atoms with Crippen LogP contribution in [0.15, 0.2) is 59.9 Å². The van der Waals surface area contributed by atoms with E-state index in [4.69, 9.17) is 0 Å². The third-order valence-corrected chi connectivity index (χ3v) is 7.26. The Kier molecular flexibility index (Phi) is 5.75. The van der Waals surface area contributed by atoms with Crippen LogP contribution in [-0.4, -0.2) is 65.0 Å². The van der Waals surface area contributed by atoms with Gasteiger partial charge in [-0.05, 0) is 29.8 Å². The number of carbonyl (C=O) groups is 2. The second-order valence-electron chi connectivity index (χ2n) is 7.35. The first-order valence-electron chi connectivity index (χ1n) is 9.90. The van der Waals surface area contributed by atoms with Gasteiger partial charge in [0.1, 0.15) is 5.65 Å². The number of benzene rings is 1. The molecule has 0 aliphatic carbocycles. The zero-order valence-corrected chi connectivity index (χ0v) is 17.9. The Bertz CT molecular complexity index is 1210. The molecule has 0 unspecified atom stereocenters. The molecule has 1 aromatic carbocycles. The van der Waals surface area contributed by atoms with E-state index in [1.54, 1.807) is 64.3 Å². The van der Waals surface area contributed by atoms with Crippen molar-refractivity contribution >= 4 is 27.5 Å². The number of piperazine rings is 1. The molecule has 2 amide bonds. The Balaban J connectivity index is 1.37. The molecule has 4 rings (SSSR count). The van der Waals surface area contributed by atoms with Crippen molar-refractivity contribution < 1.29 is 18.0 Å². The molecule has 162 valence electrons. The predicted octanol–water partition coefficient (Wildman–Crippen LogP) is 1.12. The Morgan fingerprint density at radius 1 is 1.03 bits per heavy atom. The van der Waals surface area contributed by atoms with E-state index in [9.17, 15) is 18.0 Å². The van der Waals surface area contributed by atoms with Crippen LogP contribution in [0.1, 0.15) is 22.8 Å². The number of fused-ring (bicyclic) bond motifs is 1. The monoisotopic (exact) mass is 441 g/mol. The van der Waals surface area contributed by atoms with E-state index in [1.807, 2.05) is 0 Å². The Labute approximate surface area is 180 Å². The Hall–Kier alpha value is -3.24. The summed E-state index contributed by atoms with van der Waals surface area (Å²) >= 11 is 0. The standard InChI is InChI=1S/C21H23N5O4S/c1-16(27)24-10-12-26(13-11-24)31(29,30)19-5-2-17(3-6-19)14-23-21(28)18-4-7-20-22-8-9-25(20)15-18/h2-9,15H,10-14H2,1H3,(H,23,28). The fraction of sp³-hybridized carbons (Fsp3) is 0.286. The lowest BCUT2D eigenvalue weighted by Gasteiger charge is -2.33. The van der Waals surface area contributed by atoms with E-state index < -0.39 is 10.0 Å². The first kappa shape index (κ1) is 21.0. The summed E-state index contributed by atoms with van der Waals surface area (Å²) in [5, 5.41) is 2.84. The highest BCUT2D eigenvalue weighted by Gasteiger charge is 2.29. The molecule has 1 aliphatic rings. The fourth-order valence-electron chi connectivity index (χ4n) is 3.51. The molecule has 1 N–H and O–H groups in total. The minimum Gasteiger partial charge on any atom is -0.348 e. The van der Waals surface area contributed by atoms with Crippen molar-refractivity contribution in [3.05, 3.63) is 66.1 Å². The van der Waals surface area contributed by atoms with Crippen molar-refractivity contribution in [3.63, 3.8) is 0 Å². The van der Waals surface area contributed by atoms with E-state index in [2.05, 4.69) is 10.3 Å². The lowest BCUT2D eigenvalue weighted by atomic mass is 10.2. The summed E-state index contributed by atoms with van der Waals surface area (Å²) in [4.78, 5) is 29.8. The molecule has 0 radical (unpaired) electrons. The van der Waals surface area contributed by atoms with Gasteiger partial charge in [0, 0.05) is 58.2 Å². The number of nitrogens with zero attached hydrogens (tertiary/aromatic N) is 4. The summed E-state index contributed by atoms with van der Waals surface area (Å²) in [5.41, 5.74) is 2.06. The highest BCUT2D eigenvalue weighted by Crippen LogP contribution is 2.18. The highest BCUT2D eigenvalue weighted by molar-refractivity contribution is 7.89. The van der Waals surface area contributed by atoms with Gasteiger partial charge in [0.25, 0.3) is 5.91 Å². The molecule has 31 heavy (non-hydrogen) atoms. The number of hydrogen-bond donors (Lipinski definition) is 1. The maximum atomic E-state index is 12.9. The van der Waals surface area contributed by atoms with Gasteiger partial charge in [-0.1, -0.05) is 12.1 Å². The molecule has 0 bridgehead atoms. The molecule has 0 spiro atoms. The minimum atomic E-state index is -3.62. The summed E-state index contributed by atoms with van der Waals surface area (Å²) in [5.74, 6) is -0.274. The molecular weight excluding hydrogens is 418 g/mol. The van der Waals surface area contributed by atoms with Crippen LogP contribution in [0.5, 0.6) is 0 Å². The quantitative estimate of drug-likeness (QED) is 0.639. The van der Waals surface area contributed by atoms with Crippen molar-refractivity contribution in [2.75, 3.05) is 26.2 Å². The topological polar surface area (TPSA) is 104 Å². The number of pyridine rings is 1. The first-order valence-corrected chi connectivity index (χ1v) is 11.3. The van der Waals surface area contributed by atoms with Crippen LogP contribution in [0, 0.1) is 0 Å². The minimum absolute atomic E-state index is 0.0478. The lowest BCUT2D eigenvalue weighted by Crippen LogP contribution is -2.49. The summed E-state index contributed by atoms with van der Waals surface area (Å²) in [7, 11) is -3.62. The lowest BCUT2D eigenvalue weighted by molar-refractivity contribution is -0.129. The van der Waals surface area contributed by atoms with Crippen LogP contribution in [0.2, 0.25) is 0 Å². The average Bonchev–Trinajstić information content (AvgIpc) is 3.25. The third kappa shape index (κ3) is 4.44. The smallest absolute Gasteiger partial charge is 0.253 e. The van der Waals surface area contributed by atoms with Crippen molar-refractivity contribution in [1.29, 1.82) is 0 Å². The molecule has 3 aromatic rings. The van der Waals surface area contributed by atoms with E-state index in [-0.39, 0.29) is 36.3 Å². The molecule has 1 fully saturated rings. The number of sulfonamides is 1. The number of rotatable bonds is 5. The van der Waals surface area contributed by atoms with Crippen LogP contribution in [0.4, 0.5) is 0 Å². The summed E-state index contributed by atoms with van der Waals surface area (Å²) in [6.07, 6.45) is 5.14. The zero-order valence-electron chi connectivity index (χ0n) is 17.1. The SMILES string of the molecule is CC(=O)N1CCN(S(=O)(=O)c2ccc(CNC(=O)c3ccc4nccn4c3)cc2)CC1. The summed E-state index contributed by atoms with van der Waals surface area (Å²) < 4.78 is 28.9. The fourth-order valence-corrected chi connectivity index (χ4v) is 4.93. The molecule has 0 atom stereocenters. The van der Waals surface area contributed by atoms with Gasteiger partial charge in [-0.25, -0.2) is 13.4 Å². The van der Waals surface area contributed by atoms with E-state index in [1.165, 1.54) is 11.2 Å². The Morgan fingerprint density at radius 2 is 1.74 bits per heavy atom. The molecule has 1 saturated heterocycles. The predicted molar refractivity (Wildman–Crippen MR) is 114 cm³/mol. The van der Waals surface area contributed by atoms with Gasteiger partial charge in [-0.2, -0.15) is 4.31 Å². The largest absolute Gasteiger partial charge is 0.348 e. The highest BCUT2D eigenvalue weighted by atomic mass is 32.2. The van der Waals surface area contributed by atoms with E-state index in [0.717, 1.165) is 11.2 Å². The van der Waals surface area contributed by atoms with Crippen molar-refractivity contribution in [2.24, 2.45) is 0 Å². The second-order valence-corrected chi connectivity index (χ2v) is 9.29. The normalized spacial score (nSPS) is 15.2. The molecular formula is C21H23N5O4S. The van der Waals surface area contributed by atoms with Crippen molar-refractivity contribution in [1.82, 2.24) is 23.9 Å². The summed E-state index contributed by atoms with van der Waals surface area (Å²) in [6, 6.07) is 9.96. The van der Waals surface area contributed by atoms with Gasteiger partial charge in [0.15, 0.2) is 0 Å². The van der Waals surface area contributed by atoms with Gasteiger partial charge in [-0.15, -0.1) is 0 Å². The summed E-state index contributed by atoms with van der Waals surface area (Å²) in [6.45, 7) is 3.10. The van der Waals surface area contributed by atoms with E-state index in [0.29, 0.717) is 18.7 Å². The van der Waals surface area contributed by atoms with E-state index >= 15 is 0 Å². The molecule has 0 saturated carbocycles. The van der Waals surface area contributed by atoms with Crippen molar-refractivity contribution in [2.45, 2.75) is 18.4 Å². The number of imidazole rings is 1. The van der Waals surface area contributed by atoms with Crippen LogP contribution in [0.3, 0.4) is 0 Å².